The summed E-state index contributed by atoms with van der Waals surface area (Å²) in [7, 11) is 4.24. The fourth-order valence-electron chi connectivity index (χ4n) is 2.85. The van der Waals surface area contributed by atoms with Crippen LogP contribution in [0.2, 0.25) is 0 Å². The summed E-state index contributed by atoms with van der Waals surface area (Å²) in [6.45, 7) is 7.50. The number of likely N-dealkylation sites (N-methyl/N-ethyl adjacent to an activating group) is 1. The number of benzene rings is 1. The van der Waals surface area contributed by atoms with Crippen LogP contribution in [0.25, 0.3) is 0 Å². The van der Waals surface area contributed by atoms with Crippen LogP contribution < -0.4 is 5.32 Å². The Bertz CT molecular complexity index is 496. The van der Waals surface area contributed by atoms with Crippen molar-refractivity contribution in [2.75, 3.05) is 52.6 Å². The normalized spacial score (nSPS) is 16.5. The molecule has 1 heterocycles. The maximum absolute atomic E-state index is 12.0. The van der Waals surface area contributed by atoms with Gasteiger partial charge in [-0.25, -0.2) is 0 Å². The molecule has 0 aliphatic carbocycles. The average molecular weight is 350 g/mol. The molecule has 0 bridgehead atoms. The molecule has 0 radical (unpaired) electrons. The van der Waals surface area contributed by atoms with Crippen LogP contribution in [-0.2, 0) is 4.79 Å². The van der Waals surface area contributed by atoms with Gasteiger partial charge in [-0.05, 0) is 65.0 Å². The molecule has 0 unspecified atom stereocenters. The summed E-state index contributed by atoms with van der Waals surface area (Å²) in [5.41, 5.74) is 1.25. The topological polar surface area (TPSA) is 35.6 Å². The minimum atomic E-state index is 0.149. The van der Waals surface area contributed by atoms with Gasteiger partial charge in [0.05, 0.1) is 5.75 Å². The van der Waals surface area contributed by atoms with Crippen LogP contribution in [0.15, 0.2) is 29.2 Å². The largest absolute Gasteiger partial charge is 0.355 e. The van der Waals surface area contributed by atoms with Gasteiger partial charge in [-0.2, -0.15) is 0 Å². The maximum atomic E-state index is 12.0. The number of hydrogen-bond donors (Lipinski definition) is 1. The number of carbonyl (C=O) groups excluding carboxylic acids is 1. The van der Waals surface area contributed by atoms with Gasteiger partial charge < -0.3 is 15.1 Å². The van der Waals surface area contributed by atoms with Crippen molar-refractivity contribution in [3.8, 4) is 0 Å². The van der Waals surface area contributed by atoms with Gasteiger partial charge in [-0.1, -0.05) is 17.7 Å². The number of hydrogen-bond acceptors (Lipinski definition) is 4. The van der Waals surface area contributed by atoms with Crippen LogP contribution in [0.3, 0.4) is 0 Å². The Morgan fingerprint density at radius 3 is 2.54 bits per heavy atom. The zero-order chi connectivity index (χ0) is 17.4. The summed E-state index contributed by atoms with van der Waals surface area (Å²) in [5.74, 6) is 1.29. The van der Waals surface area contributed by atoms with Crippen molar-refractivity contribution < 1.29 is 4.79 Å². The lowest BCUT2D eigenvalue weighted by Crippen LogP contribution is -2.41. The molecular weight excluding hydrogens is 318 g/mol. The standard InChI is InChI=1S/C19H31N3OS/c1-16-4-6-18(7-5-16)24-15-19(23)20-14-17-8-10-22(11-9-17)13-12-21(2)3/h4-7,17H,8-15H2,1-3H3,(H,20,23). The number of nitrogens with zero attached hydrogens (tertiary/aromatic N) is 2. The second kappa shape index (κ2) is 10.1. The van der Waals surface area contributed by atoms with Gasteiger partial charge in [0.25, 0.3) is 0 Å². The number of piperidine rings is 1. The van der Waals surface area contributed by atoms with Crippen molar-refractivity contribution in [2.45, 2.75) is 24.7 Å². The summed E-state index contributed by atoms with van der Waals surface area (Å²) in [4.78, 5) is 17.9. The van der Waals surface area contributed by atoms with Gasteiger partial charge in [0.15, 0.2) is 0 Å². The fourth-order valence-corrected chi connectivity index (χ4v) is 3.58. The molecule has 0 spiro atoms. The number of carbonyl (C=O) groups is 1. The van der Waals surface area contributed by atoms with Crippen molar-refractivity contribution in [1.82, 2.24) is 15.1 Å². The van der Waals surface area contributed by atoms with E-state index in [0.29, 0.717) is 11.7 Å². The van der Waals surface area contributed by atoms with Crippen LogP contribution in [0.5, 0.6) is 0 Å². The highest BCUT2D eigenvalue weighted by atomic mass is 32.2. The smallest absolute Gasteiger partial charge is 0.230 e. The van der Waals surface area contributed by atoms with E-state index >= 15 is 0 Å². The molecule has 1 N–H and O–H groups in total. The van der Waals surface area contributed by atoms with Gasteiger partial charge in [0.1, 0.15) is 0 Å². The Morgan fingerprint density at radius 1 is 1.25 bits per heavy atom. The van der Waals surface area contributed by atoms with E-state index in [-0.39, 0.29) is 5.91 Å². The van der Waals surface area contributed by atoms with Gasteiger partial charge in [-0.3, -0.25) is 4.79 Å². The predicted octanol–water partition coefficient (Wildman–Crippen LogP) is 2.48. The van der Waals surface area contributed by atoms with Crippen LogP contribution >= 0.6 is 11.8 Å². The first-order chi connectivity index (χ1) is 11.5. The molecule has 0 atom stereocenters. The highest BCUT2D eigenvalue weighted by Gasteiger charge is 2.19. The summed E-state index contributed by atoms with van der Waals surface area (Å²) in [6.07, 6.45) is 2.39. The monoisotopic (exact) mass is 349 g/mol. The second-order valence-electron chi connectivity index (χ2n) is 6.99. The summed E-state index contributed by atoms with van der Waals surface area (Å²) >= 11 is 1.61. The second-order valence-corrected chi connectivity index (χ2v) is 8.04. The third-order valence-corrected chi connectivity index (χ3v) is 5.56. The van der Waals surface area contributed by atoms with E-state index in [1.54, 1.807) is 11.8 Å². The van der Waals surface area contributed by atoms with E-state index in [9.17, 15) is 4.79 Å². The number of aryl methyl sites for hydroxylation is 1. The molecule has 24 heavy (non-hydrogen) atoms. The van der Waals surface area contributed by atoms with E-state index in [0.717, 1.165) is 37.6 Å². The summed E-state index contributed by atoms with van der Waals surface area (Å²) in [6, 6.07) is 8.34. The molecule has 134 valence electrons. The first kappa shape index (κ1) is 19.3. The van der Waals surface area contributed by atoms with Crippen LogP contribution in [0.4, 0.5) is 0 Å². The van der Waals surface area contributed by atoms with Gasteiger partial charge in [-0.15, -0.1) is 11.8 Å². The number of likely N-dealkylation sites (tertiary alicyclic amines) is 1. The van der Waals surface area contributed by atoms with Crippen LogP contribution in [0, 0.1) is 12.8 Å². The SMILES string of the molecule is Cc1ccc(SCC(=O)NCC2CCN(CCN(C)C)CC2)cc1. The molecule has 1 aliphatic heterocycles. The molecule has 1 aromatic carbocycles. The number of thioether (sulfide) groups is 1. The molecule has 0 aromatic heterocycles. The molecule has 1 saturated heterocycles. The summed E-state index contributed by atoms with van der Waals surface area (Å²) in [5, 5.41) is 3.11. The van der Waals surface area contributed by atoms with Crippen molar-refractivity contribution in [1.29, 1.82) is 0 Å². The average Bonchev–Trinajstić information content (AvgIpc) is 2.58. The third kappa shape index (κ3) is 7.24. The Hall–Kier alpha value is -1.04. The highest BCUT2D eigenvalue weighted by Crippen LogP contribution is 2.19. The molecular formula is C19H31N3OS. The number of amides is 1. The molecule has 1 fully saturated rings. The first-order valence-corrected chi connectivity index (χ1v) is 9.85. The molecule has 1 aromatic rings. The molecule has 5 heteroatoms. The first-order valence-electron chi connectivity index (χ1n) is 8.86. The van der Waals surface area contributed by atoms with Crippen molar-refractivity contribution in [2.24, 2.45) is 5.92 Å². The maximum Gasteiger partial charge on any atom is 0.230 e. The lowest BCUT2D eigenvalue weighted by molar-refractivity contribution is -0.118. The predicted molar refractivity (Wildman–Crippen MR) is 103 cm³/mol. The summed E-state index contributed by atoms with van der Waals surface area (Å²) < 4.78 is 0. The van der Waals surface area contributed by atoms with E-state index in [4.69, 9.17) is 0 Å². The molecule has 4 nitrogen and oxygen atoms in total. The Morgan fingerprint density at radius 2 is 1.92 bits per heavy atom. The lowest BCUT2D eigenvalue weighted by atomic mass is 9.97. The minimum Gasteiger partial charge on any atom is -0.355 e. The zero-order valence-corrected chi connectivity index (χ0v) is 16.1. The van der Waals surface area contributed by atoms with E-state index in [2.05, 4.69) is 60.4 Å². The van der Waals surface area contributed by atoms with E-state index < -0.39 is 0 Å². The molecule has 1 aliphatic rings. The minimum absolute atomic E-state index is 0.149. The zero-order valence-electron chi connectivity index (χ0n) is 15.3. The van der Waals surface area contributed by atoms with Crippen molar-refractivity contribution in [3.63, 3.8) is 0 Å². The van der Waals surface area contributed by atoms with Gasteiger partial charge in [0, 0.05) is 24.5 Å². The fraction of sp³-hybridized carbons (Fsp3) is 0.632. The van der Waals surface area contributed by atoms with Gasteiger partial charge in [0.2, 0.25) is 5.91 Å². The van der Waals surface area contributed by atoms with Crippen LogP contribution in [-0.4, -0.2) is 68.3 Å². The third-order valence-electron chi connectivity index (χ3n) is 4.55. The molecule has 2 rings (SSSR count). The van der Waals surface area contributed by atoms with Gasteiger partial charge >= 0.3 is 0 Å². The number of rotatable bonds is 8. The van der Waals surface area contributed by atoms with E-state index in [1.807, 2.05) is 0 Å². The highest BCUT2D eigenvalue weighted by molar-refractivity contribution is 8.00. The Balaban J connectivity index is 1.58. The van der Waals surface area contributed by atoms with E-state index in [1.165, 1.54) is 18.4 Å². The molecule has 0 saturated carbocycles. The number of nitrogens with one attached hydrogen (secondary N) is 1. The van der Waals surface area contributed by atoms with Crippen molar-refractivity contribution in [3.05, 3.63) is 29.8 Å². The van der Waals surface area contributed by atoms with Crippen LogP contribution in [0.1, 0.15) is 18.4 Å². The molecule has 1 amide bonds. The quantitative estimate of drug-likeness (QED) is 0.732. The Kier molecular flexibility index (Phi) is 8.09. The van der Waals surface area contributed by atoms with Crippen molar-refractivity contribution >= 4 is 17.7 Å². The Labute approximate surface area is 151 Å². The lowest BCUT2D eigenvalue weighted by Gasteiger charge is -2.32.